The highest BCUT2D eigenvalue weighted by Gasteiger charge is 2.12. The number of nitrogens with zero attached hydrogens (tertiary/aromatic N) is 3. The van der Waals surface area contributed by atoms with E-state index in [1.165, 1.54) is 0 Å². The maximum absolute atomic E-state index is 9.33. The first kappa shape index (κ1) is 11.6. The minimum atomic E-state index is 0.538. The van der Waals surface area contributed by atoms with E-state index in [0.717, 1.165) is 22.4 Å². The van der Waals surface area contributed by atoms with Gasteiger partial charge in [-0.25, -0.2) is 4.98 Å². The number of fused-ring (bicyclic) bond motifs is 1. The average Bonchev–Trinajstić information content (AvgIpc) is 2.74. The molecule has 2 aromatic heterocycles. The van der Waals surface area contributed by atoms with Crippen LogP contribution >= 0.6 is 12.2 Å². The Kier molecular flexibility index (Phi) is 2.65. The third kappa shape index (κ3) is 1.74. The van der Waals surface area contributed by atoms with Crippen LogP contribution in [-0.2, 0) is 0 Å². The van der Waals surface area contributed by atoms with Crippen molar-refractivity contribution in [1.29, 1.82) is 5.26 Å². The van der Waals surface area contributed by atoms with Gasteiger partial charge >= 0.3 is 0 Å². The second kappa shape index (κ2) is 4.34. The molecule has 2 heterocycles. The van der Waals surface area contributed by atoms with Gasteiger partial charge in [-0.1, -0.05) is 12.1 Å². The van der Waals surface area contributed by atoms with Crippen LogP contribution in [0.4, 0.5) is 0 Å². The van der Waals surface area contributed by atoms with E-state index in [1.807, 2.05) is 37.3 Å². The molecule has 0 aliphatic rings. The Morgan fingerprint density at radius 1 is 1.32 bits per heavy atom. The summed E-state index contributed by atoms with van der Waals surface area (Å²) in [6, 6.07) is 11.7. The van der Waals surface area contributed by atoms with Gasteiger partial charge in [-0.2, -0.15) is 5.26 Å². The van der Waals surface area contributed by atoms with Crippen molar-refractivity contribution in [2.45, 2.75) is 6.92 Å². The molecule has 0 saturated carbocycles. The van der Waals surface area contributed by atoms with E-state index in [-0.39, 0.29) is 0 Å². The Hall–Kier alpha value is -2.45. The van der Waals surface area contributed by atoms with Crippen LogP contribution in [0.1, 0.15) is 11.1 Å². The second-order valence-corrected chi connectivity index (χ2v) is 4.61. The van der Waals surface area contributed by atoms with Crippen LogP contribution in [-0.4, -0.2) is 14.5 Å². The SMILES string of the molecule is Cc1cccc(-n2c(=S)[nH]c3cccnc32)c1C#N. The molecule has 0 saturated heterocycles. The van der Waals surface area contributed by atoms with E-state index in [9.17, 15) is 5.26 Å². The number of benzene rings is 1. The van der Waals surface area contributed by atoms with Gasteiger partial charge in [0.15, 0.2) is 10.4 Å². The summed E-state index contributed by atoms with van der Waals surface area (Å²) in [7, 11) is 0. The summed E-state index contributed by atoms with van der Waals surface area (Å²) in [4.78, 5) is 7.44. The molecule has 4 nitrogen and oxygen atoms in total. The highest BCUT2D eigenvalue weighted by atomic mass is 32.1. The summed E-state index contributed by atoms with van der Waals surface area (Å²) in [6.07, 6.45) is 1.71. The Morgan fingerprint density at radius 3 is 2.95 bits per heavy atom. The highest BCUT2D eigenvalue weighted by molar-refractivity contribution is 7.71. The van der Waals surface area contributed by atoms with E-state index in [4.69, 9.17) is 12.2 Å². The predicted molar refractivity (Wildman–Crippen MR) is 75.7 cm³/mol. The molecule has 0 aliphatic heterocycles. The molecule has 0 aliphatic carbocycles. The first-order chi connectivity index (χ1) is 9.22. The van der Waals surface area contributed by atoms with Gasteiger partial charge in [0.2, 0.25) is 0 Å². The number of pyridine rings is 1. The molecule has 1 aromatic carbocycles. The number of nitrogens with one attached hydrogen (secondary N) is 1. The summed E-state index contributed by atoms with van der Waals surface area (Å²) in [5.41, 5.74) is 3.89. The largest absolute Gasteiger partial charge is 0.329 e. The van der Waals surface area contributed by atoms with E-state index in [0.29, 0.717) is 10.3 Å². The molecule has 3 aromatic rings. The monoisotopic (exact) mass is 266 g/mol. The molecule has 0 spiro atoms. The summed E-state index contributed by atoms with van der Waals surface area (Å²) in [5.74, 6) is 0. The third-order valence-electron chi connectivity index (χ3n) is 3.05. The van der Waals surface area contributed by atoms with Crippen molar-refractivity contribution >= 4 is 23.4 Å². The van der Waals surface area contributed by atoms with Gasteiger partial charge in [0.25, 0.3) is 0 Å². The van der Waals surface area contributed by atoms with Crippen LogP contribution in [0.2, 0.25) is 0 Å². The molecule has 0 fully saturated rings. The van der Waals surface area contributed by atoms with Gasteiger partial charge in [-0.05, 0) is 42.9 Å². The summed E-state index contributed by atoms with van der Waals surface area (Å²) >= 11 is 5.34. The zero-order valence-corrected chi connectivity index (χ0v) is 11.0. The lowest BCUT2D eigenvalue weighted by atomic mass is 10.1. The standard InChI is InChI=1S/C14H10N4S/c1-9-4-2-6-12(10(9)8-15)18-13-11(17-14(18)19)5-3-7-16-13/h2-7H,1H3,(H,17,19). The van der Waals surface area contributed by atoms with E-state index in [2.05, 4.69) is 16.0 Å². The number of hydrogen-bond donors (Lipinski definition) is 1. The number of aryl methyl sites for hydroxylation is 1. The zero-order chi connectivity index (χ0) is 13.4. The topological polar surface area (TPSA) is 57.4 Å². The van der Waals surface area contributed by atoms with Crippen LogP contribution < -0.4 is 0 Å². The molecule has 0 bridgehead atoms. The number of rotatable bonds is 1. The van der Waals surface area contributed by atoms with Gasteiger partial charge < -0.3 is 4.98 Å². The first-order valence-corrected chi connectivity index (χ1v) is 6.19. The van der Waals surface area contributed by atoms with Crippen molar-refractivity contribution in [2.24, 2.45) is 0 Å². The maximum atomic E-state index is 9.33. The van der Waals surface area contributed by atoms with Crippen molar-refractivity contribution in [3.8, 4) is 11.8 Å². The molecule has 0 unspecified atom stereocenters. The smallest absolute Gasteiger partial charge is 0.184 e. The lowest BCUT2D eigenvalue weighted by Gasteiger charge is -2.07. The molecular weight excluding hydrogens is 256 g/mol. The molecule has 1 N–H and O–H groups in total. The fourth-order valence-corrected chi connectivity index (χ4v) is 2.44. The van der Waals surface area contributed by atoms with Crippen LogP contribution in [0.3, 0.4) is 0 Å². The van der Waals surface area contributed by atoms with Gasteiger partial charge in [-0.3, -0.25) is 4.57 Å². The van der Waals surface area contributed by atoms with Crippen molar-refractivity contribution in [1.82, 2.24) is 14.5 Å². The quantitative estimate of drug-likeness (QED) is 0.688. The second-order valence-electron chi connectivity index (χ2n) is 4.22. The highest BCUT2D eigenvalue weighted by Crippen LogP contribution is 2.22. The number of H-pyrrole nitrogens is 1. The zero-order valence-electron chi connectivity index (χ0n) is 10.2. The van der Waals surface area contributed by atoms with Crippen molar-refractivity contribution in [3.05, 3.63) is 52.4 Å². The fraction of sp³-hybridized carbons (Fsp3) is 0.0714. The van der Waals surface area contributed by atoms with E-state index < -0.39 is 0 Å². The minimum absolute atomic E-state index is 0.538. The molecule has 0 atom stereocenters. The van der Waals surface area contributed by atoms with E-state index >= 15 is 0 Å². The number of imidazole rings is 1. The molecular formula is C14H10N4S. The van der Waals surface area contributed by atoms with Crippen LogP contribution in [0.25, 0.3) is 16.9 Å². The molecule has 5 heteroatoms. The lowest BCUT2D eigenvalue weighted by Crippen LogP contribution is -2.00. The average molecular weight is 266 g/mol. The third-order valence-corrected chi connectivity index (χ3v) is 3.33. The first-order valence-electron chi connectivity index (χ1n) is 5.78. The van der Waals surface area contributed by atoms with E-state index in [1.54, 1.807) is 10.8 Å². The van der Waals surface area contributed by atoms with Crippen molar-refractivity contribution in [2.75, 3.05) is 0 Å². The lowest BCUT2D eigenvalue weighted by molar-refractivity contribution is 1.03. The minimum Gasteiger partial charge on any atom is -0.329 e. The van der Waals surface area contributed by atoms with Gasteiger partial charge in [0.1, 0.15) is 6.07 Å². The van der Waals surface area contributed by atoms with Crippen LogP contribution in [0.5, 0.6) is 0 Å². The number of aromatic amines is 1. The van der Waals surface area contributed by atoms with Crippen LogP contribution in [0.15, 0.2) is 36.5 Å². The number of nitriles is 1. The fourth-order valence-electron chi connectivity index (χ4n) is 2.15. The van der Waals surface area contributed by atoms with Crippen molar-refractivity contribution in [3.63, 3.8) is 0 Å². The Labute approximate surface area is 115 Å². The molecule has 19 heavy (non-hydrogen) atoms. The number of hydrogen-bond acceptors (Lipinski definition) is 3. The van der Waals surface area contributed by atoms with Crippen molar-refractivity contribution < 1.29 is 0 Å². The molecule has 92 valence electrons. The normalized spacial score (nSPS) is 10.5. The van der Waals surface area contributed by atoms with Gasteiger partial charge in [0, 0.05) is 6.20 Å². The van der Waals surface area contributed by atoms with Crippen LogP contribution in [0, 0.1) is 23.0 Å². The number of aromatic nitrogens is 3. The summed E-state index contributed by atoms with van der Waals surface area (Å²) in [5, 5.41) is 9.33. The predicted octanol–water partition coefficient (Wildman–Crippen LogP) is 3.26. The molecule has 0 radical (unpaired) electrons. The van der Waals surface area contributed by atoms with Gasteiger partial charge in [-0.15, -0.1) is 0 Å². The Balaban J connectivity index is 2.44. The summed E-state index contributed by atoms with van der Waals surface area (Å²) < 4.78 is 2.34. The summed E-state index contributed by atoms with van der Waals surface area (Å²) in [6.45, 7) is 1.91. The maximum Gasteiger partial charge on any atom is 0.184 e. The Bertz CT molecular complexity index is 867. The molecule has 0 amide bonds. The molecule has 3 rings (SSSR count). The Morgan fingerprint density at radius 2 is 2.16 bits per heavy atom. The van der Waals surface area contributed by atoms with Gasteiger partial charge in [0.05, 0.1) is 16.8 Å².